The van der Waals surface area contributed by atoms with E-state index in [0.717, 1.165) is 30.3 Å². The van der Waals surface area contributed by atoms with Crippen LogP contribution in [0.2, 0.25) is 0 Å². The van der Waals surface area contributed by atoms with Gasteiger partial charge in [0.25, 0.3) is 0 Å². The highest BCUT2D eigenvalue weighted by Crippen LogP contribution is 2.31. The Morgan fingerprint density at radius 1 is 0.923 bits per heavy atom. The third kappa shape index (κ3) is 5.45. The lowest BCUT2D eigenvalue weighted by atomic mass is 10.1. The molecule has 0 aliphatic heterocycles. The van der Waals surface area contributed by atoms with Crippen molar-refractivity contribution in [3.8, 4) is 5.75 Å². The van der Waals surface area contributed by atoms with Gasteiger partial charge < -0.3 is 4.74 Å². The molecule has 0 aliphatic carbocycles. The van der Waals surface area contributed by atoms with Crippen molar-refractivity contribution in [1.29, 1.82) is 0 Å². The first-order valence-electron chi connectivity index (χ1n) is 6.89. The first kappa shape index (κ1) is 19.2. The minimum absolute atomic E-state index is 0.0326. The maximum absolute atomic E-state index is 12.5. The maximum Gasteiger partial charge on any atom is 0.573 e. The second kappa shape index (κ2) is 7.40. The van der Waals surface area contributed by atoms with Crippen LogP contribution in [0.3, 0.4) is 0 Å². The monoisotopic (exact) mass is 373 g/mol. The van der Waals surface area contributed by atoms with Crippen LogP contribution in [0, 0.1) is 0 Å². The lowest BCUT2D eigenvalue weighted by molar-refractivity contribution is -0.274. The third-order valence-corrected chi connectivity index (χ3v) is 3.08. The summed E-state index contributed by atoms with van der Waals surface area (Å²) >= 11 is 0. The van der Waals surface area contributed by atoms with Crippen LogP contribution in [0.15, 0.2) is 47.6 Å². The fourth-order valence-electron chi connectivity index (χ4n) is 1.97. The molecule has 0 radical (unpaired) electrons. The number of hydrogen-bond acceptors (Lipinski definition) is 2. The number of benzene rings is 2. The van der Waals surface area contributed by atoms with Crippen LogP contribution in [0.5, 0.6) is 5.75 Å². The van der Waals surface area contributed by atoms with Gasteiger partial charge in [-0.25, -0.2) is 0 Å². The van der Waals surface area contributed by atoms with Gasteiger partial charge in [-0.2, -0.15) is 13.2 Å². The van der Waals surface area contributed by atoms with Crippen molar-refractivity contribution in [2.75, 3.05) is 0 Å². The summed E-state index contributed by atoms with van der Waals surface area (Å²) in [6.07, 6.45) is -6.70. The standard InChI is InChI=1S/C16H9F6N3O/c17-15(18,19)12-5-2-10(3-6-12)1-4-11-9-13(26-16(20,21)22)7-8-14(11)24-25-23/h1-9H/b4-1+. The van der Waals surface area contributed by atoms with Crippen molar-refractivity contribution >= 4 is 17.8 Å². The molecule has 26 heavy (non-hydrogen) atoms. The topological polar surface area (TPSA) is 58.0 Å². The van der Waals surface area contributed by atoms with Gasteiger partial charge in [0, 0.05) is 10.6 Å². The van der Waals surface area contributed by atoms with E-state index in [1.54, 1.807) is 0 Å². The highest BCUT2D eigenvalue weighted by atomic mass is 19.4. The van der Waals surface area contributed by atoms with Crippen LogP contribution in [-0.4, -0.2) is 6.36 Å². The van der Waals surface area contributed by atoms with Crippen molar-refractivity contribution < 1.29 is 31.1 Å². The lowest BCUT2D eigenvalue weighted by Gasteiger charge is -2.10. The van der Waals surface area contributed by atoms with Gasteiger partial charge in [-0.1, -0.05) is 29.4 Å². The molecule has 0 fully saturated rings. The Kier molecular flexibility index (Phi) is 5.47. The molecule has 0 unspecified atom stereocenters. The summed E-state index contributed by atoms with van der Waals surface area (Å²) < 4.78 is 78.2. The fourth-order valence-corrected chi connectivity index (χ4v) is 1.97. The SMILES string of the molecule is [N-]=[N+]=Nc1ccc(OC(F)(F)F)cc1/C=C/c1ccc(C(F)(F)F)cc1. The molecule has 0 saturated carbocycles. The van der Waals surface area contributed by atoms with E-state index >= 15 is 0 Å². The molecule has 10 heteroatoms. The minimum Gasteiger partial charge on any atom is -0.406 e. The van der Waals surface area contributed by atoms with E-state index in [0.29, 0.717) is 5.56 Å². The Morgan fingerprint density at radius 3 is 2.12 bits per heavy atom. The smallest absolute Gasteiger partial charge is 0.406 e. The van der Waals surface area contributed by atoms with Crippen LogP contribution in [0.1, 0.15) is 16.7 Å². The molecule has 0 heterocycles. The van der Waals surface area contributed by atoms with Gasteiger partial charge in [0.1, 0.15) is 5.75 Å². The number of hydrogen-bond donors (Lipinski definition) is 0. The van der Waals surface area contributed by atoms with Gasteiger partial charge in [-0.05, 0) is 47.0 Å². The molecule has 0 saturated heterocycles. The van der Waals surface area contributed by atoms with E-state index < -0.39 is 23.9 Å². The predicted molar refractivity (Wildman–Crippen MR) is 82.3 cm³/mol. The Labute approximate surface area is 142 Å². The van der Waals surface area contributed by atoms with Crippen LogP contribution in [0.4, 0.5) is 32.0 Å². The van der Waals surface area contributed by atoms with Gasteiger partial charge in [-0.15, -0.1) is 13.2 Å². The van der Waals surface area contributed by atoms with Crippen LogP contribution in [0.25, 0.3) is 22.6 Å². The van der Waals surface area contributed by atoms with Crippen molar-refractivity contribution in [3.63, 3.8) is 0 Å². The zero-order valence-corrected chi connectivity index (χ0v) is 12.7. The molecule has 0 amide bonds. The molecule has 4 nitrogen and oxygen atoms in total. The molecular weight excluding hydrogens is 364 g/mol. The molecule has 0 spiro atoms. The molecule has 0 atom stereocenters. The molecule has 0 aromatic heterocycles. The van der Waals surface area contributed by atoms with Gasteiger partial charge in [0.05, 0.1) is 5.56 Å². The van der Waals surface area contributed by atoms with Crippen molar-refractivity contribution in [2.45, 2.75) is 12.5 Å². The number of nitrogens with zero attached hydrogens (tertiary/aromatic N) is 3. The van der Waals surface area contributed by atoms with Crippen molar-refractivity contribution in [3.05, 3.63) is 69.6 Å². The van der Waals surface area contributed by atoms with Crippen molar-refractivity contribution in [2.24, 2.45) is 5.11 Å². The number of azide groups is 1. The minimum atomic E-state index is -4.89. The molecule has 0 bridgehead atoms. The van der Waals surface area contributed by atoms with E-state index in [1.807, 2.05) is 0 Å². The molecule has 2 aromatic carbocycles. The second-order valence-electron chi connectivity index (χ2n) is 4.91. The molecule has 136 valence electrons. The van der Waals surface area contributed by atoms with Crippen LogP contribution >= 0.6 is 0 Å². The first-order valence-corrected chi connectivity index (χ1v) is 6.89. The zero-order valence-electron chi connectivity index (χ0n) is 12.7. The highest BCUT2D eigenvalue weighted by molar-refractivity contribution is 5.76. The average molecular weight is 373 g/mol. The molecule has 0 aliphatic rings. The maximum atomic E-state index is 12.5. The Balaban J connectivity index is 2.32. The first-order chi connectivity index (χ1) is 12.1. The molecule has 2 rings (SSSR count). The van der Waals surface area contributed by atoms with E-state index in [-0.39, 0.29) is 11.3 Å². The van der Waals surface area contributed by atoms with E-state index in [9.17, 15) is 26.3 Å². The predicted octanol–water partition coefficient (Wildman–Crippen LogP) is 6.72. The van der Waals surface area contributed by atoms with Gasteiger partial charge in [-0.3, -0.25) is 0 Å². The number of rotatable bonds is 4. The Hall–Kier alpha value is -3.13. The lowest BCUT2D eigenvalue weighted by Crippen LogP contribution is -2.17. The summed E-state index contributed by atoms with van der Waals surface area (Å²) in [6.45, 7) is 0. The highest BCUT2D eigenvalue weighted by Gasteiger charge is 2.31. The largest absolute Gasteiger partial charge is 0.573 e. The van der Waals surface area contributed by atoms with Crippen molar-refractivity contribution in [1.82, 2.24) is 0 Å². The summed E-state index contributed by atoms with van der Waals surface area (Å²) in [6, 6.07) is 7.25. The van der Waals surface area contributed by atoms with Gasteiger partial charge in [0.15, 0.2) is 0 Å². The fraction of sp³-hybridized carbons (Fsp3) is 0.125. The summed E-state index contributed by atoms with van der Waals surface area (Å²) in [5, 5.41) is 3.35. The average Bonchev–Trinajstić information content (AvgIpc) is 2.53. The second-order valence-corrected chi connectivity index (χ2v) is 4.91. The molecular formula is C16H9F6N3O. The quantitative estimate of drug-likeness (QED) is 0.193. The van der Waals surface area contributed by atoms with Gasteiger partial charge >= 0.3 is 12.5 Å². The number of halogens is 6. The summed E-state index contributed by atoms with van der Waals surface area (Å²) in [5.74, 6) is -0.526. The van der Waals surface area contributed by atoms with E-state index in [4.69, 9.17) is 5.53 Å². The zero-order chi connectivity index (χ0) is 19.4. The van der Waals surface area contributed by atoms with Gasteiger partial charge in [0.2, 0.25) is 0 Å². The summed E-state index contributed by atoms with van der Waals surface area (Å²) in [5.41, 5.74) is 8.18. The summed E-state index contributed by atoms with van der Waals surface area (Å²) in [4.78, 5) is 2.57. The van der Waals surface area contributed by atoms with E-state index in [1.165, 1.54) is 24.3 Å². The number of ether oxygens (including phenoxy) is 1. The third-order valence-electron chi connectivity index (χ3n) is 3.08. The molecule has 0 N–H and O–H groups in total. The Bertz CT molecular complexity index is 850. The van der Waals surface area contributed by atoms with Crippen LogP contribution < -0.4 is 4.74 Å². The summed E-state index contributed by atoms with van der Waals surface area (Å²) in [7, 11) is 0. The normalized spacial score (nSPS) is 12.1. The Morgan fingerprint density at radius 2 is 1.58 bits per heavy atom. The number of alkyl halides is 6. The van der Waals surface area contributed by atoms with E-state index in [2.05, 4.69) is 14.8 Å². The van der Waals surface area contributed by atoms with Crippen LogP contribution in [-0.2, 0) is 6.18 Å². The molecule has 2 aromatic rings.